The summed E-state index contributed by atoms with van der Waals surface area (Å²) in [4.78, 5) is 11.7. The fourth-order valence-electron chi connectivity index (χ4n) is 2.13. The summed E-state index contributed by atoms with van der Waals surface area (Å²) >= 11 is 0. The summed E-state index contributed by atoms with van der Waals surface area (Å²) in [5.74, 6) is 1.20. The van der Waals surface area contributed by atoms with Crippen LogP contribution in [0, 0.1) is 5.41 Å². The molecule has 0 unspecified atom stereocenters. The van der Waals surface area contributed by atoms with Crippen molar-refractivity contribution in [2.75, 3.05) is 39.0 Å². The number of carbonyl (C=O) groups is 1. The molecule has 1 aromatic rings. The first-order valence-electron chi connectivity index (χ1n) is 6.03. The third-order valence-corrected chi connectivity index (χ3v) is 3.38. The molecule has 1 saturated heterocycles. The normalized spacial score (nSPS) is 18.6. The summed E-state index contributed by atoms with van der Waals surface area (Å²) in [5.41, 5.74) is 0.296. The summed E-state index contributed by atoms with van der Waals surface area (Å²) < 4.78 is 20.5. The predicted molar refractivity (Wildman–Crippen MR) is 66.3 cm³/mol. The van der Waals surface area contributed by atoms with E-state index in [9.17, 15) is 4.79 Å². The first-order valence-corrected chi connectivity index (χ1v) is 6.03. The van der Waals surface area contributed by atoms with Gasteiger partial charge in [-0.15, -0.1) is 0 Å². The van der Waals surface area contributed by atoms with Crippen LogP contribution in [0.1, 0.15) is 0 Å². The van der Waals surface area contributed by atoms with Crippen LogP contribution in [0.4, 0.5) is 5.69 Å². The second-order valence-electron chi connectivity index (χ2n) is 4.69. The van der Waals surface area contributed by atoms with Gasteiger partial charge in [-0.25, -0.2) is 0 Å². The summed E-state index contributed by atoms with van der Waals surface area (Å²) in [7, 11) is 1.39. The lowest BCUT2D eigenvalue weighted by Crippen LogP contribution is -2.54. The average Bonchev–Trinajstić information content (AvgIpc) is 2.84. The molecule has 2 heterocycles. The van der Waals surface area contributed by atoms with Crippen molar-refractivity contribution < 1.29 is 23.7 Å². The Bertz CT molecular complexity index is 498. The Morgan fingerprint density at radius 2 is 2.16 bits per heavy atom. The van der Waals surface area contributed by atoms with Crippen LogP contribution in [0.25, 0.3) is 0 Å². The predicted octanol–water partition coefficient (Wildman–Crippen LogP) is 1.02. The number of nitrogens with one attached hydrogen (secondary N) is 1. The number of methoxy groups -OCH3 is 1. The van der Waals surface area contributed by atoms with Crippen LogP contribution >= 0.6 is 0 Å². The molecule has 6 nitrogen and oxygen atoms in total. The number of carbonyl (C=O) groups excluding carboxylic acids is 1. The molecule has 102 valence electrons. The van der Waals surface area contributed by atoms with Crippen molar-refractivity contribution in [3.8, 4) is 11.5 Å². The molecule has 6 heteroatoms. The molecule has 0 saturated carbocycles. The summed E-state index contributed by atoms with van der Waals surface area (Å²) in [5, 5.41) is 3.22. The zero-order valence-corrected chi connectivity index (χ0v) is 10.6. The molecule has 2 aliphatic rings. The van der Waals surface area contributed by atoms with Crippen molar-refractivity contribution in [2.24, 2.45) is 5.41 Å². The topological polar surface area (TPSA) is 66.0 Å². The molecule has 1 fully saturated rings. The van der Waals surface area contributed by atoms with Crippen molar-refractivity contribution in [3.63, 3.8) is 0 Å². The lowest BCUT2D eigenvalue weighted by atomic mass is 9.86. The lowest BCUT2D eigenvalue weighted by molar-refractivity contribution is -0.180. The molecule has 0 amide bonds. The minimum absolute atomic E-state index is 0.244. The number of fused-ring (bicyclic) bond motifs is 1. The van der Waals surface area contributed by atoms with Gasteiger partial charge in [-0.05, 0) is 12.1 Å². The van der Waals surface area contributed by atoms with Crippen LogP contribution in [-0.4, -0.2) is 39.6 Å². The van der Waals surface area contributed by atoms with Crippen molar-refractivity contribution >= 4 is 11.7 Å². The van der Waals surface area contributed by atoms with Crippen molar-refractivity contribution in [1.82, 2.24) is 0 Å². The maximum absolute atomic E-state index is 11.7. The van der Waals surface area contributed by atoms with Crippen LogP contribution < -0.4 is 14.8 Å². The van der Waals surface area contributed by atoms with E-state index in [1.54, 1.807) is 0 Å². The number of benzene rings is 1. The SMILES string of the molecule is COC(=O)C1(CNc2ccc3c(c2)OCO3)COC1. The van der Waals surface area contributed by atoms with Crippen LogP contribution in [0.5, 0.6) is 11.5 Å². The van der Waals surface area contributed by atoms with Gasteiger partial charge in [0, 0.05) is 18.3 Å². The highest BCUT2D eigenvalue weighted by atomic mass is 16.7. The van der Waals surface area contributed by atoms with Gasteiger partial charge in [0.15, 0.2) is 11.5 Å². The van der Waals surface area contributed by atoms with E-state index < -0.39 is 5.41 Å². The van der Waals surface area contributed by atoms with Gasteiger partial charge in [-0.3, -0.25) is 4.79 Å². The van der Waals surface area contributed by atoms with Gasteiger partial charge in [-0.1, -0.05) is 0 Å². The minimum Gasteiger partial charge on any atom is -0.468 e. The molecule has 1 aromatic carbocycles. The fraction of sp³-hybridized carbons (Fsp3) is 0.462. The summed E-state index contributed by atoms with van der Waals surface area (Å²) in [6, 6.07) is 5.58. The van der Waals surface area contributed by atoms with E-state index in [0.29, 0.717) is 25.5 Å². The largest absolute Gasteiger partial charge is 0.468 e. The van der Waals surface area contributed by atoms with E-state index in [-0.39, 0.29) is 12.8 Å². The third-order valence-electron chi connectivity index (χ3n) is 3.38. The molecule has 0 spiro atoms. The van der Waals surface area contributed by atoms with E-state index in [1.807, 2.05) is 18.2 Å². The Labute approximate surface area is 110 Å². The molecule has 3 rings (SSSR count). The smallest absolute Gasteiger partial charge is 0.318 e. The van der Waals surface area contributed by atoms with Gasteiger partial charge in [0.1, 0.15) is 5.41 Å². The number of rotatable bonds is 4. The fourth-order valence-corrected chi connectivity index (χ4v) is 2.13. The number of hydrogen-bond acceptors (Lipinski definition) is 6. The summed E-state index contributed by atoms with van der Waals surface area (Å²) in [6.07, 6.45) is 0. The zero-order chi connectivity index (χ0) is 13.3. The van der Waals surface area contributed by atoms with E-state index in [0.717, 1.165) is 11.4 Å². The Hall–Kier alpha value is -1.95. The Morgan fingerprint density at radius 3 is 2.84 bits per heavy atom. The van der Waals surface area contributed by atoms with Crippen molar-refractivity contribution in [2.45, 2.75) is 0 Å². The molecular formula is C13H15NO5. The van der Waals surface area contributed by atoms with Gasteiger partial charge in [-0.2, -0.15) is 0 Å². The van der Waals surface area contributed by atoms with E-state index in [1.165, 1.54) is 7.11 Å². The number of esters is 1. The zero-order valence-electron chi connectivity index (χ0n) is 10.6. The highest BCUT2D eigenvalue weighted by Gasteiger charge is 2.47. The van der Waals surface area contributed by atoms with Crippen LogP contribution in [0.2, 0.25) is 0 Å². The second kappa shape index (κ2) is 4.62. The molecule has 0 atom stereocenters. The third kappa shape index (κ3) is 2.08. The van der Waals surface area contributed by atoms with Gasteiger partial charge in [0.05, 0.1) is 20.3 Å². The van der Waals surface area contributed by atoms with E-state index >= 15 is 0 Å². The molecule has 1 N–H and O–H groups in total. The van der Waals surface area contributed by atoms with Crippen LogP contribution in [0.15, 0.2) is 18.2 Å². The lowest BCUT2D eigenvalue weighted by Gasteiger charge is -2.38. The first-order chi connectivity index (χ1) is 9.23. The Morgan fingerprint density at radius 1 is 1.37 bits per heavy atom. The number of ether oxygens (including phenoxy) is 4. The van der Waals surface area contributed by atoms with E-state index in [4.69, 9.17) is 18.9 Å². The molecule has 0 radical (unpaired) electrons. The second-order valence-corrected chi connectivity index (χ2v) is 4.69. The van der Waals surface area contributed by atoms with Gasteiger partial charge < -0.3 is 24.3 Å². The maximum Gasteiger partial charge on any atom is 0.318 e. The first kappa shape index (κ1) is 12.1. The number of anilines is 1. The highest BCUT2D eigenvalue weighted by molar-refractivity contribution is 5.79. The molecule has 0 aliphatic carbocycles. The quantitative estimate of drug-likeness (QED) is 0.820. The summed E-state index contributed by atoms with van der Waals surface area (Å²) in [6.45, 7) is 1.49. The Kier molecular flexibility index (Phi) is 2.94. The van der Waals surface area contributed by atoms with Crippen molar-refractivity contribution in [1.29, 1.82) is 0 Å². The molecule has 0 bridgehead atoms. The molecule has 0 aromatic heterocycles. The van der Waals surface area contributed by atoms with Crippen LogP contribution in [0.3, 0.4) is 0 Å². The highest BCUT2D eigenvalue weighted by Crippen LogP contribution is 2.35. The number of hydrogen-bond donors (Lipinski definition) is 1. The van der Waals surface area contributed by atoms with Gasteiger partial charge >= 0.3 is 5.97 Å². The minimum atomic E-state index is -0.578. The van der Waals surface area contributed by atoms with Gasteiger partial charge in [0.25, 0.3) is 0 Å². The molecular weight excluding hydrogens is 250 g/mol. The van der Waals surface area contributed by atoms with Crippen molar-refractivity contribution in [3.05, 3.63) is 18.2 Å². The molecule has 2 aliphatic heterocycles. The average molecular weight is 265 g/mol. The Balaban J connectivity index is 1.67. The molecule has 19 heavy (non-hydrogen) atoms. The monoisotopic (exact) mass is 265 g/mol. The van der Waals surface area contributed by atoms with Gasteiger partial charge in [0.2, 0.25) is 6.79 Å². The maximum atomic E-state index is 11.7. The van der Waals surface area contributed by atoms with E-state index in [2.05, 4.69) is 5.32 Å². The standard InChI is InChI=1S/C13H15NO5/c1-16-12(15)13(6-17-7-13)5-14-9-2-3-10-11(4-9)19-8-18-10/h2-4,14H,5-8H2,1H3. The van der Waals surface area contributed by atoms with Crippen LogP contribution in [-0.2, 0) is 14.3 Å².